The number of hydrogen-bond acceptors (Lipinski definition) is 7. The van der Waals surface area contributed by atoms with Crippen molar-refractivity contribution in [1.82, 2.24) is 34.7 Å². The molecule has 9 nitrogen and oxygen atoms in total. The zero-order valence-electron chi connectivity index (χ0n) is 17.4. The highest BCUT2D eigenvalue weighted by Crippen LogP contribution is 2.26. The standard InChI is InChI=1S/C21H23FN8O/c1-21(2,22)14-3-5-17(6-4-14)30-19-18(27-28-30)12-23-20(26-19)25-15-11-24-29(13-15)16-7-9-31-10-8-16/h3-6,11-13,16H,7-10H2,1-2H3,(H,23,25,26). The predicted octanol–water partition coefficient (Wildman–Crippen LogP) is 3.71. The number of benzene rings is 1. The van der Waals surface area contributed by atoms with Gasteiger partial charge in [-0.15, -0.1) is 5.10 Å². The first-order valence-electron chi connectivity index (χ1n) is 10.2. The third-order valence-electron chi connectivity index (χ3n) is 5.41. The molecular weight excluding hydrogens is 399 g/mol. The van der Waals surface area contributed by atoms with Gasteiger partial charge in [0.2, 0.25) is 5.95 Å². The van der Waals surface area contributed by atoms with E-state index in [9.17, 15) is 4.39 Å². The number of ether oxygens (including phenoxy) is 1. The van der Waals surface area contributed by atoms with E-state index in [1.807, 2.05) is 10.9 Å². The summed E-state index contributed by atoms with van der Waals surface area (Å²) < 4.78 is 23.1. The lowest BCUT2D eigenvalue weighted by Crippen LogP contribution is -2.19. The number of alkyl halides is 1. The molecule has 10 heteroatoms. The van der Waals surface area contributed by atoms with Crippen LogP contribution in [0.1, 0.15) is 38.3 Å². The van der Waals surface area contributed by atoms with Gasteiger partial charge in [-0.3, -0.25) is 4.68 Å². The first-order valence-corrected chi connectivity index (χ1v) is 10.2. The van der Waals surface area contributed by atoms with Crippen LogP contribution in [0.3, 0.4) is 0 Å². The molecule has 4 heterocycles. The minimum absolute atomic E-state index is 0.343. The normalized spacial score (nSPS) is 15.5. The molecule has 1 aromatic carbocycles. The van der Waals surface area contributed by atoms with Crippen LogP contribution in [0.25, 0.3) is 16.9 Å². The molecule has 0 amide bonds. The molecule has 0 aliphatic carbocycles. The second kappa shape index (κ2) is 7.69. The monoisotopic (exact) mass is 422 g/mol. The number of anilines is 2. The predicted molar refractivity (Wildman–Crippen MR) is 113 cm³/mol. The van der Waals surface area contributed by atoms with Gasteiger partial charge in [-0.1, -0.05) is 17.3 Å². The molecule has 1 fully saturated rings. The van der Waals surface area contributed by atoms with Crippen molar-refractivity contribution in [2.24, 2.45) is 0 Å². The van der Waals surface area contributed by atoms with Crippen molar-refractivity contribution in [1.29, 1.82) is 0 Å². The molecule has 5 rings (SSSR count). The van der Waals surface area contributed by atoms with Gasteiger partial charge in [0.05, 0.1) is 29.8 Å². The topological polar surface area (TPSA) is 95.6 Å². The first-order chi connectivity index (χ1) is 15.0. The molecule has 1 N–H and O–H groups in total. The molecular formula is C21H23FN8O. The van der Waals surface area contributed by atoms with E-state index in [4.69, 9.17) is 4.74 Å². The summed E-state index contributed by atoms with van der Waals surface area (Å²) in [6, 6.07) is 7.44. The van der Waals surface area contributed by atoms with Gasteiger partial charge in [0.25, 0.3) is 0 Å². The molecule has 0 spiro atoms. The molecule has 1 aliphatic rings. The lowest BCUT2D eigenvalue weighted by Gasteiger charge is -2.22. The van der Waals surface area contributed by atoms with E-state index in [0.29, 0.717) is 28.7 Å². The molecule has 160 valence electrons. The van der Waals surface area contributed by atoms with E-state index in [0.717, 1.165) is 37.4 Å². The number of halogens is 1. The summed E-state index contributed by atoms with van der Waals surface area (Å²) in [5.41, 5.74) is 1.86. The molecule has 0 unspecified atom stereocenters. The van der Waals surface area contributed by atoms with Gasteiger partial charge in [-0.25, -0.2) is 9.37 Å². The average Bonchev–Trinajstić information content (AvgIpc) is 3.41. The van der Waals surface area contributed by atoms with Gasteiger partial charge in [0, 0.05) is 19.4 Å². The molecule has 0 atom stereocenters. The largest absolute Gasteiger partial charge is 0.381 e. The summed E-state index contributed by atoms with van der Waals surface area (Å²) in [5.74, 6) is 0.420. The minimum atomic E-state index is -1.41. The molecule has 0 radical (unpaired) electrons. The molecule has 1 aliphatic heterocycles. The number of nitrogens with one attached hydrogen (secondary N) is 1. The Bertz CT molecular complexity index is 1190. The molecule has 0 bridgehead atoms. The van der Waals surface area contributed by atoms with Crippen LogP contribution < -0.4 is 5.32 Å². The smallest absolute Gasteiger partial charge is 0.229 e. The summed E-state index contributed by atoms with van der Waals surface area (Å²) in [5, 5.41) is 16.0. The maximum absolute atomic E-state index is 14.2. The Balaban J connectivity index is 1.40. The molecule has 4 aromatic rings. The Morgan fingerprint density at radius 2 is 1.90 bits per heavy atom. The Kier molecular flexibility index (Phi) is 4.85. The van der Waals surface area contributed by atoms with E-state index < -0.39 is 5.67 Å². The second-order valence-corrected chi connectivity index (χ2v) is 8.10. The summed E-state index contributed by atoms with van der Waals surface area (Å²) >= 11 is 0. The van der Waals surface area contributed by atoms with Crippen LogP contribution in [0.4, 0.5) is 16.0 Å². The number of fused-ring (bicyclic) bond motifs is 1. The zero-order valence-corrected chi connectivity index (χ0v) is 17.4. The number of aromatic nitrogens is 7. The van der Waals surface area contributed by atoms with Gasteiger partial charge < -0.3 is 10.1 Å². The van der Waals surface area contributed by atoms with Gasteiger partial charge in [-0.05, 0) is 44.4 Å². The van der Waals surface area contributed by atoms with Crippen molar-refractivity contribution >= 4 is 22.8 Å². The fourth-order valence-electron chi connectivity index (χ4n) is 3.64. The second-order valence-electron chi connectivity index (χ2n) is 8.10. The van der Waals surface area contributed by atoms with Crippen LogP contribution in [0.15, 0.2) is 42.9 Å². The lowest BCUT2D eigenvalue weighted by atomic mass is 10.0. The van der Waals surface area contributed by atoms with Gasteiger partial charge in [0.15, 0.2) is 11.2 Å². The zero-order chi connectivity index (χ0) is 21.4. The van der Waals surface area contributed by atoms with Gasteiger partial charge >= 0.3 is 0 Å². The Hall–Kier alpha value is -3.40. The van der Waals surface area contributed by atoms with Crippen LogP contribution >= 0.6 is 0 Å². The molecule has 31 heavy (non-hydrogen) atoms. The Morgan fingerprint density at radius 3 is 2.65 bits per heavy atom. The van der Waals surface area contributed by atoms with Crippen molar-refractivity contribution in [2.45, 2.75) is 38.4 Å². The van der Waals surface area contributed by atoms with E-state index >= 15 is 0 Å². The fourth-order valence-corrected chi connectivity index (χ4v) is 3.64. The van der Waals surface area contributed by atoms with Gasteiger partial charge in [-0.2, -0.15) is 14.8 Å². The maximum Gasteiger partial charge on any atom is 0.229 e. The molecule has 0 saturated carbocycles. The average molecular weight is 422 g/mol. The fraction of sp³-hybridized carbons (Fsp3) is 0.381. The third-order valence-corrected chi connectivity index (χ3v) is 5.41. The van der Waals surface area contributed by atoms with Crippen molar-refractivity contribution in [3.8, 4) is 5.69 Å². The van der Waals surface area contributed by atoms with E-state index in [2.05, 4.69) is 30.7 Å². The number of hydrogen-bond donors (Lipinski definition) is 1. The van der Waals surface area contributed by atoms with E-state index in [1.54, 1.807) is 41.3 Å². The van der Waals surface area contributed by atoms with Crippen LogP contribution in [0.2, 0.25) is 0 Å². The van der Waals surface area contributed by atoms with Crippen molar-refractivity contribution in [3.63, 3.8) is 0 Å². The summed E-state index contributed by atoms with van der Waals surface area (Å²) in [6.07, 6.45) is 7.24. The van der Waals surface area contributed by atoms with Gasteiger partial charge in [0.1, 0.15) is 5.67 Å². The minimum Gasteiger partial charge on any atom is -0.381 e. The lowest BCUT2D eigenvalue weighted by molar-refractivity contribution is 0.0662. The summed E-state index contributed by atoms with van der Waals surface area (Å²) in [7, 11) is 0. The first kappa shape index (κ1) is 19.6. The van der Waals surface area contributed by atoms with Crippen molar-refractivity contribution in [2.75, 3.05) is 18.5 Å². The van der Waals surface area contributed by atoms with Crippen LogP contribution in [0, 0.1) is 0 Å². The van der Waals surface area contributed by atoms with E-state index in [-0.39, 0.29) is 0 Å². The summed E-state index contributed by atoms with van der Waals surface area (Å²) in [4.78, 5) is 8.92. The van der Waals surface area contributed by atoms with Crippen molar-refractivity contribution in [3.05, 3.63) is 48.4 Å². The molecule has 1 saturated heterocycles. The number of nitrogens with zero attached hydrogens (tertiary/aromatic N) is 7. The molecule has 3 aromatic heterocycles. The Morgan fingerprint density at radius 1 is 1.13 bits per heavy atom. The SMILES string of the molecule is CC(C)(F)c1ccc(-n2nnc3cnc(Nc4cnn(C5CCOCC5)c4)nc32)cc1. The highest BCUT2D eigenvalue weighted by atomic mass is 19.1. The van der Waals surface area contributed by atoms with E-state index in [1.165, 1.54) is 13.8 Å². The quantitative estimate of drug-likeness (QED) is 0.524. The third kappa shape index (κ3) is 3.98. The summed E-state index contributed by atoms with van der Waals surface area (Å²) in [6.45, 7) is 4.58. The van der Waals surface area contributed by atoms with Crippen LogP contribution in [0.5, 0.6) is 0 Å². The van der Waals surface area contributed by atoms with Crippen LogP contribution in [-0.4, -0.2) is 48.0 Å². The Labute approximate surface area is 178 Å². The maximum atomic E-state index is 14.2. The van der Waals surface area contributed by atoms with Crippen molar-refractivity contribution < 1.29 is 9.13 Å². The highest BCUT2D eigenvalue weighted by molar-refractivity contribution is 5.72. The highest BCUT2D eigenvalue weighted by Gasteiger charge is 2.19. The number of rotatable bonds is 5. The van der Waals surface area contributed by atoms with Crippen LogP contribution in [-0.2, 0) is 10.4 Å².